The third-order valence-electron chi connectivity index (χ3n) is 1.20. The fourth-order valence-electron chi connectivity index (χ4n) is 0.538. The van der Waals surface area contributed by atoms with Gasteiger partial charge in [0.15, 0.2) is 0 Å². The molecule has 6 heteroatoms. The fraction of sp³-hybridized carbons (Fsp3) is 0.667. The van der Waals surface area contributed by atoms with Gasteiger partial charge < -0.3 is 25.5 Å². The molecule has 0 heterocycles. The van der Waals surface area contributed by atoms with Gasteiger partial charge in [0.2, 0.25) is 0 Å². The van der Waals surface area contributed by atoms with Crippen molar-refractivity contribution in [2.45, 2.75) is 18.3 Å². The first-order valence-corrected chi connectivity index (χ1v) is 3.09. The summed E-state index contributed by atoms with van der Waals surface area (Å²) in [6.07, 6.45) is -3.37. The fourth-order valence-corrected chi connectivity index (χ4v) is 0.538. The minimum Gasteiger partial charge on any atom is -0.563 e. The molecule has 0 saturated heterocycles. The second-order valence-electron chi connectivity index (χ2n) is 2.04. The first-order valence-electron chi connectivity index (χ1n) is 3.09. The average molecular weight is 223 g/mol. The second kappa shape index (κ2) is 7.92. The predicted molar refractivity (Wildman–Crippen MR) is 35.6 cm³/mol. The van der Waals surface area contributed by atoms with Gasteiger partial charge in [0.25, 0.3) is 0 Å². The van der Waals surface area contributed by atoms with E-state index in [4.69, 9.17) is 25.5 Å². The first-order chi connectivity index (χ1) is 5.13. The summed E-state index contributed by atoms with van der Waals surface area (Å²) < 4.78 is 0. The van der Waals surface area contributed by atoms with Crippen LogP contribution in [-0.4, -0.2) is 50.5 Å². The molecule has 0 amide bonds. The molecule has 0 bridgehead atoms. The maximum absolute atomic E-state index is 8.88. The van der Waals surface area contributed by atoms with Crippen molar-refractivity contribution in [3.8, 4) is 0 Å². The smallest absolute Gasteiger partial charge is 0.563 e. The van der Waals surface area contributed by atoms with E-state index < -0.39 is 24.9 Å². The quantitative estimate of drug-likeness (QED) is 0.269. The Balaban J connectivity index is 0. The molecule has 76 valence electrons. The molecular weight excluding hydrogens is 211 g/mol. The first kappa shape index (κ1) is 14.8. The van der Waals surface area contributed by atoms with Gasteiger partial charge in [-0.2, -0.15) is 6.61 Å². The molecular formula is C6H12NiO5. The summed E-state index contributed by atoms with van der Waals surface area (Å²) in [5, 5.41) is 42.9. The van der Waals surface area contributed by atoms with E-state index in [1.54, 1.807) is 0 Å². The maximum Gasteiger partial charge on any atom is 2.00 e. The summed E-state index contributed by atoms with van der Waals surface area (Å²) in [5.41, 5.74) is 0. The van der Waals surface area contributed by atoms with Crippen molar-refractivity contribution in [1.29, 1.82) is 0 Å². The van der Waals surface area contributed by atoms with Gasteiger partial charge in [-0.3, -0.25) is 6.42 Å². The van der Waals surface area contributed by atoms with E-state index in [0.29, 0.717) is 6.61 Å². The number of aliphatic hydroxyl groups is 5. The molecule has 12 heavy (non-hydrogen) atoms. The predicted octanol–water partition coefficient (Wildman–Crippen LogP) is -2.20. The average Bonchev–Trinajstić information content (AvgIpc) is 2.02. The Morgan fingerprint density at radius 3 is 1.92 bits per heavy atom. The van der Waals surface area contributed by atoms with Crippen LogP contribution in [0.15, 0.2) is 0 Å². The van der Waals surface area contributed by atoms with Crippen LogP contribution < -0.4 is 0 Å². The van der Waals surface area contributed by atoms with Gasteiger partial charge in [0.1, 0.15) is 0 Å². The van der Waals surface area contributed by atoms with Crippen LogP contribution in [0.1, 0.15) is 0 Å². The van der Waals surface area contributed by atoms with Crippen LogP contribution in [0, 0.1) is 13.0 Å². The van der Waals surface area contributed by atoms with E-state index in [9.17, 15) is 0 Å². The van der Waals surface area contributed by atoms with Crippen LogP contribution in [0.2, 0.25) is 0 Å². The van der Waals surface area contributed by atoms with Crippen LogP contribution >= 0.6 is 0 Å². The van der Waals surface area contributed by atoms with E-state index in [2.05, 4.69) is 0 Å². The van der Waals surface area contributed by atoms with Crippen molar-refractivity contribution in [3.63, 3.8) is 0 Å². The molecule has 3 atom stereocenters. The van der Waals surface area contributed by atoms with Crippen molar-refractivity contribution in [1.82, 2.24) is 0 Å². The SMILES string of the molecule is O[CH-][C@H](O)[C@@H](O)[C@H](O)[CH-]CO.[Ni+2]. The Morgan fingerprint density at radius 1 is 1.08 bits per heavy atom. The molecule has 0 aliphatic carbocycles. The molecule has 5 nitrogen and oxygen atoms in total. The van der Waals surface area contributed by atoms with Gasteiger partial charge >= 0.3 is 16.5 Å². The van der Waals surface area contributed by atoms with E-state index in [0.717, 1.165) is 6.42 Å². The van der Waals surface area contributed by atoms with E-state index in [1.807, 2.05) is 0 Å². The molecule has 0 aliphatic rings. The Bertz CT molecular complexity index is 102. The zero-order chi connectivity index (χ0) is 8.85. The molecule has 0 aromatic heterocycles. The van der Waals surface area contributed by atoms with Gasteiger partial charge in [-0.25, -0.2) is 0 Å². The summed E-state index contributed by atoms with van der Waals surface area (Å²) in [4.78, 5) is 0. The number of hydrogen-bond acceptors (Lipinski definition) is 5. The van der Waals surface area contributed by atoms with Gasteiger partial charge in [-0.1, -0.05) is 6.61 Å². The maximum atomic E-state index is 8.88. The molecule has 0 spiro atoms. The molecule has 0 saturated carbocycles. The van der Waals surface area contributed by atoms with Gasteiger partial charge in [0.05, 0.1) is 6.10 Å². The van der Waals surface area contributed by atoms with Crippen LogP contribution in [-0.2, 0) is 16.5 Å². The molecule has 5 N–H and O–H groups in total. The monoisotopic (exact) mass is 222 g/mol. The zero-order valence-electron chi connectivity index (χ0n) is 6.15. The summed E-state index contributed by atoms with van der Waals surface area (Å²) in [5.74, 6) is 0. The summed E-state index contributed by atoms with van der Waals surface area (Å²) >= 11 is 0. The zero-order valence-corrected chi connectivity index (χ0v) is 7.13. The van der Waals surface area contributed by atoms with Gasteiger partial charge in [-0.05, 0) is 12.2 Å². The molecule has 0 fully saturated rings. The number of hydrogen-bond donors (Lipinski definition) is 5. The van der Waals surface area contributed by atoms with Crippen LogP contribution in [0.25, 0.3) is 0 Å². The second-order valence-corrected chi connectivity index (χ2v) is 2.04. The normalized spacial score (nSPS) is 17.8. The van der Waals surface area contributed by atoms with E-state index >= 15 is 0 Å². The van der Waals surface area contributed by atoms with Crippen molar-refractivity contribution < 1.29 is 42.0 Å². The Kier molecular flexibility index (Phi) is 9.76. The summed E-state index contributed by atoms with van der Waals surface area (Å²) in [6.45, 7) is -0.0462. The van der Waals surface area contributed by atoms with Crippen molar-refractivity contribution >= 4 is 0 Å². The molecule has 0 aromatic carbocycles. The van der Waals surface area contributed by atoms with E-state index in [1.165, 1.54) is 0 Å². The van der Waals surface area contributed by atoms with Crippen LogP contribution in [0.5, 0.6) is 0 Å². The molecule has 0 rings (SSSR count). The Morgan fingerprint density at radius 2 is 1.58 bits per heavy atom. The molecule has 0 radical (unpaired) electrons. The van der Waals surface area contributed by atoms with Crippen LogP contribution in [0.4, 0.5) is 0 Å². The Hall–Kier alpha value is 0.294. The molecule has 0 aromatic rings. The molecule has 0 unspecified atom stereocenters. The minimum absolute atomic E-state index is 0. The minimum atomic E-state index is -1.51. The van der Waals surface area contributed by atoms with Gasteiger partial charge in [0, 0.05) is 0 Å². The van der Waals surface area contributed by atoms with E-state index in [-0.39, 0.29) is 16.5 Å². The number of aliphatic hydroxyl groups excluding tert-OH is 5. The summed E-state index contributed by atoms with van der Waals surface area (Å²) in [6, 6.07) is 0. The summed E-state index contributed by atoms with van der Waals surface area (Å²) in [7, 11) is 0. The van der Waals surface area contributed by atoms with Crippen molar-refractivity contribution in [3.05, 3.63) is 13.0 Å². The topological polar surface area (TPSA) is 101 Å². The number of rotatable bonds is 5. The van der Waals surface area contributed by atoms with Crippen molar-refractivity contribution in [2.24, 2.45) is 0 Å². The largest absolute Gasteiger partial charge is 2.00 e. The third kappa shape index (κ3) is 5.03. The molecule has 0 aliphatic heterocycles. The van der Waals surface area contributed by atoms with Crippen molar-refractivity contribution in [2.75, 3.05) is 6.61 Å². The third-order valence-corrected chi connectivity index (χ3v) is 1.20. The standard InChI is InChI=1S/C6H12O5.Ni/c7-2-1-4(9)6(11)5(10)3-8;/h1,3-11H,2H2;/q-2;+2/t4-,5+,6+;/m1./s1. The van der Waals surface area contributed by atoms with Crippen LogP contribution in [0.3, 0.4) is 0 Å². The Labute approximate surface area is 80.6 Å². The van der Waals surface area contributed by atoms with Gasteiger partial charge in [-0.15, -0.1) is 0 Å².